The number of H-pyrrole nitrogens is 1. The lowest BCUT2D eigenvalue weighted by Gasteiger charge is -2.28. The van der Waals surface area contributed by atoms with E-state index in [4.69, 9.17) is 9.47 Å². The first-order valence-corrected chi connectivity index (χ1v) is 16.5. The summed E-state index contributed by atoms with van der Waals surface area (Å²) < 4.78 is 10.9. The van der Waals surface area contributed by atoms with Crippen LogP contribution in [-0.4, -0.2) is 67.1 Å². The van der Waals surface area contributed by atoms with Crippen LogP contribution in [0.4, 0.5) is 0 Å². The van der Waals surface area contributed by atoms with Gasteiger partial charge in [0, 0.05) is 48.4 Å². The first kappa shape index (κ1) is 33.7. The molecule has 4 N–H and O–H groups in total. The Balaban J connectivity index is 1.38. The molecule has 1 saturated carbocycles. The first-order valence-electron chi connectivity index (χ1n) is 16.5. The van der Waals surface area contributed by atoms with Gasteiger partial charge in [-0.3, -0.25) is 24.0 Å². The third-order valence-electron chi connectivity index (χ3n) is 9.27. The van der Waals surface area contributed by atoms with Gasteiger partial charge in [-0.15, -0.1) is 0 Å². The number of carbonyl (C=O) groups is 5. The van der Waals surface area contributed by atoms with Gasteiger partial charge < -0.3 is 30.4 Å². The number of piperidine rings is 1. The fourth-order valence-electron chi connectivity index (χ4n) is 6.63. The Kier molecular flexibility index (Phi) is 11.3. The molecule has 47 heavy (non-hydrogen) atoms. The number of ether oxygens (including phenoxy) is 2. The largest absolute Gasteiger partial charge is 0.497 e. The van der Waals surface area contributed by atoms with Crippen LogP contribution in [-0.2, 0) is 25.6 Å². The molecule has 3 amide bonds. The second-order valence-electron chi connectivity index (χ2n) is 12.6. The maximum absolute atomic E-state index is 14.0. The summed E-state index contributed by atoms with van der Waals surface area (Å²) in [4.78, 5) is 70.3. The van der Waals surface area contributed by atoms with E-state index >= 15 is 0 Å². The number of hydrogen-bond acceptors (Lipinski definition) is 7. The summed E-state index contributed by atoms with van der Waals surface area (Å²) in [5.41, 5.74) is 1.79. The highest BCUT2D eigenvalue weighted by atomic mass is 16.5. The zero-order valence-electron chi connectivity index (χ0n) is 27.1. The van der Waals surface area contributed by atoms with E-state index in [1.807, 2.05) is 30.3 Å². The topological polar surface area (TPSA) is 156 Å². The molecule has 5 rings (SSSR count). The third-order valence-corrected chi connectivity index (χ3v) is 9.27. The monoisotopic (exact) mass is 644 g/mol. The highest BCUT2D eigenvalue weighted by molar-refractivity contribution is 6.38. The number of hydrogen-bond donors (Lipinski definition) is 4. The standard InChI is InChI=1S/C36H44N4O7/c1-46-26-19-28-27(32(20-26)47-2)21-29(39-28)31(41)18-24(16-22-10-5-3-6-11-22)35(44)40-30(17-23-12-9-15-37-34(23)43)33(42)36(45)38-25-13-7-4-8-14-25/h3,5-6,10-11,19-21,23-25,30,39H,4,7-9,12-18H2,1-2H3,(H,37,43)(H,38,45)(H,40,44)/t23-,24+,30-/m0/s1. The molecule has 0 unspecified atom stereocenters. The Labute approximate surface area is 274 Å². The van der Waals surface area contributed by atoms with Crippen LogP contribution in [0, 0.1) is 11.8 Å². The van der Waals surface area contributed by atoms with Gasteiger partial charge in [0.1, 0.15) is 11.5 Å². The molecule has 2 heterocycles. The van der Waals surface area contributed by atoms with E-state index in [0.717, 1.165) is 44.1 Å². The van der Waals surface area contributed by atoms with E-state index in [-0.39, 0.29) is 37.0 Å². The Hall–Kier alpha value is -4.67. The number of carbonyl (C=O) groups excluding carboxylic acids is 5. The van der Waals surface area contributed by atoms with Gasteiger partial charge >= 0.3 is 0 Å². The van der Waals surface area contributed by atoms with Crippen LogP contribution < -0.4 is 25.4 Å². The molecule has 1 aliphatic carbocycles. The van der Waals surface area contributed by atoms with Crippen LogP contribution in [0.2, 0.25) is 0 Å². The van der Waals surface area contributed by atoms with Crippen molar-refractivity contribution in [3.05, 3.63) is 59.8 Å². The van der Waals surface area contributed by atoms with Crippen molar-refractivity contribution in [2.75, 3.05) is 20.8 Å². The van der Waals surface area contributed by atoms with Crippen LogP contribution >= 0.6 is 0 Å². The molecule has 3 atom stereocenters. The van der Waals surface area contributed by atoms with Crippen LogP contribution in [0.5, 0.6) is 11.5 Å². The lowest BCUT2D eigenvalue weighted by atomic mass is 9.88. The average Bonchev–Trinajstić information content (AvgIpc) is 3.53. The molecule has 0 bridgehead atoms. The van der Waals surface area contributed by atoms with E-state index in [2.05, 4.69) is 20.9 Å². The lowest BCUT2D eigenvalue weighted by Crippen LogP contribution is -2.53. The normalized spacial score (nSPS) is 18.1. The fourth-order valence-corrected chi connectivity index (χ4v) is 6.63. The maximum Gasteiger partial charge on any atom is 0.289 e. The predicted octanol–water partition coefficient (Wildman–Crippen LogP) is 4.04. The molecule has 1 aliphatic heterocycles. The second-order valence-corrected chi connectivity index (χ2v) is 12.6. The first-order chi connectivity index (χ1) is 22.7. The maximum atomic E-state index is 14.0. The predicted molar refractivity (Wildman–Crippen MR) is 176 cm³/mol. The summed E-state index contributed by atoms with van der Waals surface area (Å²) in [6, 6.07) is 13.2. The summed E-state index contributed by atoms with van der Waals surface area (Å²) >= 11 is 0. The van der Waals surface area contributed by atoms with Crippen molar-refractivity contribution >= 4 is 40.2 Å². The Morgan fingerprint density at radius 2 is 1.70 bits per heavy atom. The van der Waals surface area contributed by atoms with E-state index in [1.165, 1.54) is 7.11 Å². The zero-order chi connectivity index (χ0) is 33.3. The molecule has 250 valence electrons. The molecule has 1 aromatic heterocycles. The molecule has 2 aromatic carbocycles. The van der Waals surface area contributed by atoms with Gasteiger partial charge in [0.25, 0.3) is 5.91 Å². The van der Waals surface area contributed by atoms with E-state index in [1.54, 1.807) is 25.3 Å². The molecular formula is C36H44N4O7. The van der Waals surface area contributed by atoms with Crippen molar-refractivity contribution in [2.24, 2.45) is 11.8 Å². The highest BCUT2D eigenvalue weighted by Gasteiger charge is 2.36. The second kappa shape index (κ2) is 15.8. The molecular weight excluding hydrogens is 600 g/mol. The molecule has 11 nitrogen and oxygen atoms in total. The molecule has 2 aliphatic rings. The number of amides is 3. The minimum Gasteiger partial charge on any atom is -0.497 e. The summed E-state index contributed by atoms with van der Waals surface area (Å²) in [7, 11) is 3.08. The van der Waals surface area contributed by atoms with E-state index in [9.17, 15) is 24.0 Å². The zero-order valence-corrected chi connectivity index (χ0v) is 27.1. The minimum absolute atomic E-state index is 0.00411. The van der Waals surface area contributed by atoms with Crippen LogP contribution in [0.3, 0.4) is 0 Å². The van der Waals surface area contributed by atoms with Crippen LogP contribution in [0.15, 0.2) is 48.5 Å². The number of methoxy groups -OCH3 is 2. The van der Waals surface area contributed by atoms with Crippen LogP contribution in [0.25, 0.3) is 10.9 Å². The molecule has 0 spiro atoms. The van der Waals surface area contributed by atoms with Gasteiger partial charge in [0.05, 0.1) is 31.5 Å². The number of fused-ring (bicyclic) bond motifs is 1. The van der Waals surface area contributed by atoms with Crippen molar-refractivity contribution in [3.8, 4) is 11.5 Å². The van der Waals surface area contributed by atoms with Gasteiger partial charge in [-0.2, -0.15) is 0 Å². The fraction of sp³-hybridized carbons (Fsp3) is 0.472. The van der Waals surface area contributed by atoms with Gasteiger partial charge in [-0.25, -0.2) is 0 Å². The lowest BCUT2D eigenvalue weighted by molar-refractivity contribution is -0.141. The SMILES string of the molecule is COc1cc(OC)c2cc(C(=O)C[C@@H](Cc3ccccc3)C(=O)N[C@@H](C[C@@H]3CCCNC3=O)C(=O)C(=O)NC3CCCCC3)[nH]c2c1. The van der Waals surface area contributed by atoms with Crippen molar-refractivity contribution in [2.45, 2.75) is 76.3 Å². The highest BCUT2D eigenvalue weighted by Crippen LogP contribution is 2.32. The Morgan fingerprint density at radius 3 is 2.40 bits per heavy atom. The van der Waals surface area contributed by atoms with Gasteiger partial charge in [0.2, 0.25) is 17.6 Å². The molecule has 2 fully saturated rings. The van der Waals surface area contributed by atoms with Gasteiger partial charge in [-0.05, 0) is 50.2 Å². The summed E-state index contributed by atoms with van der Waals surface area (Å²) in [6.45, 7) is 0.552. The Bertz CT molecular complexity index is 1600. The van der Waals surface area contributed by atoms with E-state index < -0.39 is 35.5 Å². The quantitative estimate of drug-likeness (QED) is 0.153. The molecule has 0 radical (unpaired) electrons. The molecule has 3 aromatic rings. The third kappa shape index (κ3) is 8.58. The van der Waals surface area contributed by atoms with Crippen molar-refractivity contribution in [3.63, 3.8) is 0 Å². The number of rotatable bonds is 14. The average molecular weight is 645 g/mol. The van der Waals surface area contributed by atoms with Crippen molar-refractivity contribution in [1.29, 1.82) is 0 Å². The van der Waals surface area contributed by atoms with Crippen molar-refractivity contribution in [1.82, 2.24) is 20.9 Å². The number of aromatic nitrogens is 1. The molecule has 11 heteroatoms. The number of Topliss-reactive ketones (excluding diaryl/α,β-unsaturated/α-hetero) is 2. The Morgan fingerprint density at radius 1 is 0.936 bits per heavy atom. The summed E-state index contributed by atoms with van der Waals surface area (Å²) in [5.74, 6) is -2.84. The van der Waals surface area contributed by atoms with Crippen molar-refractivity contribution < 1.29 is 33.4 Å². The minimum atomic E-state index is -1.21. The summed E-state index contributed by atoms with van der Waals surface area (Å²) in [6.07, 6.45) is 6.02. The number of ketones is 2. The summed E-state index contributed by atoms with van der Waals surface area (Å²) in [5, 5.41) is 9.19. The van der Waals surface area contributed by atoms with Gasteiger partial charge in [-0.1, -0.05) is 49.6 Å². The number of benzene rings is 2. The van der Waals surface area contributed by atoms with E-state index in [0.29, 0.717) is 41.1 Å². The van der Waals surface area contributed by atoms with Gasteiger partial charge in [0.15, 0.2) is 5.78 Å². The number of aromatic amines is 1. The smallest absolute Gasteiger partial charge is 0.289 e. The van der Waals surface area contributed by atoms with Crippen LogP contribution in [0.1, 0.15) is 73.8 Å². The number of nitrogens with one attached hydrogen (secondary N) is 4. The molecule has 1 saturated heterocycles.